The molecule has 0 amide bonds. The number of aliphatic hydroxyl groups is 1. The van der Waals surface area contributed by atoms with E-state index in [-0.39, 0.29) is 41.7 Å². The van der Waals surface area contributed by atoms with Gasteiger partial charge in [0.1, 0.15) is 11.9 Å². The van der Waals surface area contributed by atoms with Crippen molar-refractivity contribution in [3.63, 3.8) is 0 Å². The first-order valence-electron chi connectivity index (χ1n) is 9.98. The molecule has 2 saturated carbocycles. The molecule has 21 heavy (non-hydrogen) atoms. The van der Waals surface area contributed by atoms with Crippen molar-refractivity contribution in [1.82, 2.24) is 0 Å². The molecule has 2 N–H and O–H groups in total. The molecule has 0 spiro atoms. The van der Waals surface area contributed by atoms with E-state index in [1.165, 1.54) is 6.07 Å². The Balaban J connectivity index is 1.93. The summed E-state index contributed by atoms with van der Waals surface area (Å²) < 4.78 is 42.2. The van der Waals surface area contributed by atoms with Crippen LogP contribution in [0.5, 0.6) is 5.75 Å². The summed E-state index contributed by atoms with van der Waals surface area (Å²) in [4.78, 5) is 12.2. The summed E-state index contributed by atoms with van der Waals surface area (Å²) in [5.74, 6) is -2.85. The van der Waals surface area contributed by atoms with E-state index in [9.17, 15) is 15.0 Å². The predicted octanol–water partition coefficient (Wildman–Crippen LogP) is 2.79. The summed E-state index contributed by atoms with van der Waals surface area (Å²) in [6, 6.07) is 0.612. The Morgan fingerprint density at radius 2 is 2.33 bits per heavy atom. The highest BCUT2D eigenvalue weighted by atomic mass is 16.3. The average molecular weight is 291 g/mol. The van der Waals surface area contributed by atoms with Gasteiger partial charge in [0.15, 0.2) is 5.78 Å². The summed E-state index contributed by atoms with van der Waals surface area (Å²) >= 11 is 0. The maximum absolute atomic E-state index is 12.2. The Morgan fingerprint density at radius 3 is 3.14 bits per heavy atom. The molecular weight excluding hydrogens is 264 g/mol. The van der Waals surface area contributed by atoms with Crippen molar-refractivity contribution in [2.24, 2.45) is 17.3 Å². The molecule has 3 aliphatic rings. The third kappa shape index (κ3) is 1.73. The minimum atomic E-state index is -1.94. The van der Waals surface area contributed by atoms with Crippen LogP contribution in [-0.2, 0) is 11.2 Å². The standard InChI is InChI=1S/C18H22O3/c1-18-7-6-13-12-5-3-11(19)8-10(12)2-4-14(13)15(18)9-16(20)17(18)21/h3,5,8,13-15,17,19,21H,2,4,6-7,9H2,1H3/t13?,14-,15?,17+,18+/m1/s1/i2D2,3D,8D,13D. The van der Waals surface area contributed by atoms with Gasteiger partial charge < -0.3 is 10.2 Å². The van der Waals surface area contributed by atoms with Crippen LogP contribution >= 0.6 is 0 Å². The number of phenolic OH excluding ortho intramolecular Hbond substituents is 1. The minimum Gasteiger partial charge on any atom is -0.508 e. The lowest BCUT2D eigenvalue weighted by atomic mass is 9.55. The van der Waals surface area contributed by atoms with Crippen molar-refractivity contribution in [3.05, 3.63) is 29.3 Å². The fraction of sp³-hybridized carbons (Fsp3) is 0.611. The van der Waals surface area contributed by atoms with Crippen LogP contribution in [-0.4, -0.2) is 22.1 Å². The highest BCUT2D eigenvalue weighted by molar-refractivity contribution is 5.86. The van der Waals surface area contributed by atoms with Gasteiger partial charge in [-0.05, 0) is 66.6 Å². The van der Waals surface area contributed by atoms with E-state index in [2.05, 4.69) is 0 Å². The van der Waals surface area contributed by atoms with Gasteiger partial charge in [0.2, 0.25) is 0 Å². The third-order valence-corrected chi connectivity index (χ3v) is 5.77. The quantitative estimate of drug-likeness (QED) is 0.773. The second-order valence-electron chi connectivity index (χ2n) is 6.75. The first-order chi connectivity index (χ1) is 11.9. The molecule has 0 bridgehead atoms. The number of rotatable bonds is 0. The van der Waals surface area contributed by atoms with E-state index in [4.69, 9.17) is 6.85 Å². The van der Waals surface area contributed by atoms with Gasteiger partial charge in [0.25, 0.3) is 0 Å². The zero-order valence-electron chi connectivity index (χ0n) is 16.9. The molecule has 112 valence electrons. The molecule has 0 saturated heterocycles. The number of phenols is 1. The van der Waals surface area contributed by atoms with Crippen molar-refractivity contribution >= 4 is 5.78 Å². The Morgan fingerprint density at radius 1 is 1.52 bits per heavy atom. The zero-order chi connectivity index (χ0) is 19.2. The van der Waals surface area contributed by atoms with Crippen LogP contribution in [0.1, 0.15) is 56.5 Å². The number of carbonyl (C=O) groups excluding carboxylic acids is 1. The number of carbonyl (C=O) groups is 1. The molecule has 5 atom stereocenters. The van der Waals surface area contributed by atoms with Crippen LogP contribution in [0.15, 0.2) is 18.2 Å². The molecule has 1 aromatic rings. The van der Waals surface area contributed by atoms with E-state index in [0.717, 1.165) is 0 Å². The molecule has 0 aromatic heterocycles. The number of benzene rings is 1. The van der Waals surface area contributed by atoms with Crippen LogP contribution < -0.4 is 0 Å². The smallest absolute Gasteiger partial charge is 0.162 e. The zero-order valence-corrected chi connectivity index (χ0v) is 11.9. The van der Waals surface area contributed by atoms with Gasteiger partial charge in [0.05, 0.1) is 2.74 Å². The summed E-state index contributed by atoms with van der Waals surface area (Å²) in [7, 11) is 0. The topological polar surface area (TPSA) is 57.5 Å². The van der Waals surface area contributed by atoms with Crippen molar-refractivity contribution < 1.29 is 21.9 Å². The molecule has 4 rings (SSSR count). The van der Waals surface area contributed by atoms with E-state index in [1.54, 1.807) is 0 Å². The number of ketones is 1. The molecule has 0 aliphatic heterocycles. The van der Waals surface area contributed by atoms with Gasteiger partial charge in [-0.25, -0.2) is 0 Å². The number of hydrogen-bond donors (Lipinski definition) is 2. The SMILES string of the molecule is [2H]c1cc2c(c([2H])c1O)C([2H])([2H])C[C@H]1C3CC(=O)[C@H](O)[C@@]3(C)CCC21[2H]. The molecule has 2 unspecified atom stereocenters. The van der Waals surface area contributed by atoms with Crippen LogP contribution in [0, 0.1) is 17.3 Å². The van der Waals surface area contributed by atoms with E-state index >= 15 is 0 Å². The van der Waals surface area contributed by atoms with Gasteiger partial charge in [-0.2, -0.15) is 0 Å². The van der Waals surface area contributed by atoms with Crippen molar-refractivity contribution in [2.45, 2.75) is 51.0 Å². The first-order valence-corrected chi connectivity index (χ1v) is 7.48. The minimum absolute atomic E-state index is 0.00859. The Hall–Kier alpha value is -1.35. The maximum atomic E-state index is 12.2. The molecule has 1 aromatic carbocycles. The van der Waals surface area contributed by atoms with Gasteiger partial charge in [-0.3, -0.25) is 4.79 Å². The number of hydrogen-bond acceptors (Lipinski definition) is 3. The fourth-order valence-electron chi connectivity index (χ4n) is 4.53. The second kappa shape index (κ2) is 4.33. The predicted molar refractivity (Wildman–Crippen MR) is 79.1 cm³/mol. The van der Waals surface area contributed by atoms with Crippen LogP contribution in [0.4, 0.5) is 0 Å². The highest BCUT2D eigenvalue weighted by Crippen LogP contribution is 2.60. The van der Waals surface area contributed by atoms with E-state index in [0.29, 0.717) is 12.8 Å². The van der Waals surface area contributed by atoms with Crippen LogP contribution in [0.3, 0.4) is 0 Å². The Labute approximate surface area is 132 Å². The lowest BCUT2D eigenvalue weighted by Gasteiger charge is -2.49. The van der Waals surface area contributed by atoms with Crippen molar-refractivity contribution in [2.75, 3.05) is 0 Å². The fourth-order valence-corrected chi connectivity index (χ4v) is 4.53. The number of Topliss-reactive ketones (excluding diaryl/α,β-unsaturated/α-hetero) is 1. The molecule has 0 heterocycles. The second-order valence-corrected chi connectivity index (χ2v) is 6.75. The van der Waals surface area contributed by atoms with Gasteiger partial charge in [-0.15, -0.1) is 0 Å². The summed E-state index contributed by atoms with van der Waals surface area (Å²) in [6.07, 6.45) is -2.15. The Kier molecular flexibility index (Phi) is 1.84. The normalized spacial score (nSPS) is 50.7. The van der Waals surface area contributed by atoms with Crippen LogP contribution in [0.25, 0.3) is 0 Å². The van der Waals surface area contributed by atoms with Crippen molar-refractivity contribution in [3.8, 4) is 5.75 Å². The lowest BCUT2D eigenvalue weighted by Crippen LogP contribution is -2.44. The molecule has 3 nitrogen and oxygen atoms in total. The number of fused-ring (bicyclic) bond motifs is 5. The van der Waals surface area contributed by atoms with E-state index in [1.807, 2.05) is 6.92 Å². The summed E-state index contributed by atoms with van der Waals surface area (Å²) in [5, 5.41) is 20.3. The van der Waals surface area contributed by atoms with Crippen LogP contribution in [0.2, 0.25) is 0 Å². The lowest BCUT2D eigenvalue weighted by molar-refractivity contribution is -0.128. The average Bonchev–Trinajstić information content (AvgIpc) is 2.78. The molecular formula is C18H22O3. The first kappa shape index (κ1) is 8.94. The van der Waals surface area contributed by atoms with Crippen molar-refractivity contribution in [1.29, 1.82) is 0 Å². The van der Waals surface area contributed by atoms with Gasteiger partial charge in [-0.1, -0.05) is 13.0 Å². The molecule has 0 radical (unpaired) electrons. The molecule has 3 heteroatoms. The molecule has 3 aliphatic carbocycles. The number of aliphatic hydroxyl groups excluding tert-OH is 1. The van der Waals surface area contributed by atoms with Gasteiger partial charge in [0, 0.05) is 15.9 Å². The van der Waals surface area contributed by atoms with E-state index < -0.39 is 41.5 Å². The molecule has 2 fully saturated rings. The Bertz CT molecular complexity index is 826. The maximum Gasteiger partial charge on any atom is 0.162 e. The summed E-state index contributed by atoms with van der Waals surface area (Å²) in [5.41, 5.74) is -0.391. The monoisotopic (exact) mass is 291 g/mol. The van der Waals surface area contributed by atoms with Gasteiger partial charge >= 0.3 is 0 Å². The largest absolute Gasteiger partial charge is 0.508 e. The third-order valence-electron chi connectivity index (χ3n) is 5.77. The number of aromatic hydroxyl groups is 1. The summed E-state index contributed by atoms with van der Waals surface area (Å²) in [6.45, 7) is 1.85. The highest BCUT2D eigenvalue weighted by Gasteiger charge is 2.57.